The van der Waals surface area contributed by atoms with Crippen molar-refractivity contribution in [1.82, 2.24) is 69.8 Å². The van der Waals surface area contributed by atoms with E-state index < -0.39 is 88.4 Å². The van der Waals surface area contributed by atoms with Gasteiger partial charge in [0.2, 0.25) is 51.9 Å². The van der Waals surface area contributed by atoms with Gasteiger partial charge in [-0.15, -0.1) is 10.2 Å². The summed E-state index contributed by atoms with van der Waals surface area (Å²) in [6.45, 7) is 17.0. The second-order valence-electron chi connectivity index (χ2n) is 18.8. The van der Waals surface area contributed by atoms with Gasteiger partial charge in [0, 0.05) is 58.1 Å². The fourth-order valence-electron chi connectivity index (χ4n) is 5.16. The van der Waals surface area contributed by atoms with Crippen molar-refractivity contribution in [3.05, 3.63) is 127 Å². The molecule has 540 valence electrons. The van der Waals surface area contributed by atoms with E-state index in [1.54, 1.807) is 106 Å². The molecule has 1 aliphatic heterocycles. The number of phenolic OH excluding ortho intramolecular Hbond substituents is 1. The fourth-order valence-corrected chi connectivity index (χ4v) is 9.14. The molecule has 1 saturated heterocycles. The molecule has 2 fully saturated rings. The smallest absolute Gasteiger partial charge is 0.438 e. The molecule has 2 atom stereocenters. The highest BCUT2D eigenvalue weighted by Gasteiger charge is 2.28. The maximum atomic E-state index is 12.4. The number of aromatic hydroxyl groups is 1. The molecule has 1 saturated carbocycles. The first-order valence-electron chi connectivity index (χ1n) is 26.4. The van der Waals surface area contributed by atoms with Crippen LogP contribution >= 0.6 is 30.7 Å². The highest BCUT2D eigenvalue weighted by atomic mass is 32.2. The van der Waals surface area contributed by atoms with Crippen molar-refractivity contribution in [1.29, 1.82) is 0 Å². The molecule has 0 radical (unpaired) electrons. The number of urea groups is 1. The van der Waals surface area contributed by atoms with Crippen LogP contribution in [-0.4, -0.2) is 182 Å². The minimum atomic E-state index is -3.40. The molecule has 12 N–H and O–H groups in total. The number of rotatable bonds is 6. The topological polar surface area (TPSA) is 565 Å². The van der Waals surface area contributed by atoms with Crippen LogP contribution in [0.5, 0.6) is 5.75 Å². The highest BCUT2D eigenvalue weighted by molar-refractivity contribution is 8.15. The number of nitrogens with zero attached hydrogens (tertiary/aromatic N) is 5. The maximum absolute atomic E-state index is 12.4. The zero-order valence-electron chi connectivity index (χ0n) is 54.6. The van der Waals surface area contributed by atoms with Gasteiger partial charge in [0.15, 0.2) is 41.5 Å². The number of carbonyl (C=O) groups is 7. The third kappa shape index (κ3) is 53.1. The number of H-pyrrole nitrogens is 3. The molecule has 4 amide bonds. The van der Waals surface area contributed by atoms with E-state index in [9.17, 15) is 90.2 Å². The summed E-state index contributed by atoms with van der Waals surface area (Å²) in [5.41, 5.74) is 2.60. The van der Waals surface area contributed by atoms with Crippen molar-refractivity contribution in [3.8, 4) is 5.75 Å². The molecule has 2 aliphatic rings. The zero-order chi connectivity index (χ0) is 75.5. The number of phenols is 1. The number of tetrazole rings is 1. The molecule has 2 unspecified atom stereocenters. The standard InChI is InChI=1S/C8H11NO2S.C7H6F2O.C7H9NO2S.C6H8O2.C5H6O2S.C3H8N2O3S.C3H4N2O2.C3H4N2OS.C3H7NO3S.C2H4N4.C2H5NO2.C2H7O2P/c1-7-5-3-4-6-8(7)12(10,11)9-2;1-4-2-5(8)7(10)6(9)3-4;1-8-11(9,10)7-5-3-2-4-6-7;1-4-2-5(7)3-6(4)8;1-3-4(6)2-5(7)8-3;1-4-3(6)5-9(2,7)8;2*1-2-4-3(6)7-5-2;1-3(5)4-8(2,6)7;1-2-3-5-6-4-2;1-2(4)3-5;1-5(2,3)4/h3-6,9H,1-2H3;2-3,10H,1H3;2-6,8H,1H3;4H,2-3H2,1H3;3H,2H2,1H3;1-2H3,(H2,4,5,6);2*1H3,(H,4,5,6);1-2H3,(H,4,5);1H3,(H,3,4,5,6);5H,1H3,(H,3,4);1-2H3,(H,3,4). The van der Waals surface area contributed by atoms with Crippen LogP contribution in [0.4, 0.5) is 13.6 Å². The number of sulfonamides is 4. The largest absolute Gasteiger partial charge is 0.503 e. The van der Waals surface area contributed by atoms with Crippen molar-refractivity contribution in [2.24, 2.45) is 5.92 Å². The predicted octanol–water partition coefficient (Wildman–Crippen LogP) is 1.94. The summed E-state index contributed by atoms with van der Waals surface area (Å²) in [6.07, 6.45) is 2.63. The first-order valence-corrected chi connectivity index (χ1v) is 37.3. The van der Waals surface area contributed by atoms with E-state index >= 15 is 0 Å². The second-order valence-corrected chi connectivity index (χ2v) is 30.8. The molecule has 0 spiro atoms. The minimum Gasteiger partial charge on any atom is -0.503 e. The van der Waals surface area contributed by atoms with Crippen molar-refractivity contribution < 1.29 is 100 Å². The van der Waals surface area contributed by atoms with Gasteiger partial charge in [-0.25, -0.2) is 71.7 Å². The lowest BCUT2D eigenvalue weighted by atomic mass is 10.1. The Morgan fingerprint density at radius 2 is 1.21 bits per heavy atom. The Morgan fingerprint density at radius 1 is 0.719 bits per heavy atom. The van der Waals surface area contributed by atoms with E-state index in [4.69, 9.17) is 15.2 Å². The van der Waals surface area contributed by atoms with Crippen molar-refractivity contribution in [2.45, 2.75) is 96.6 Å². The molecule has 6 aromatic rings. The Hall–Kier alpha value is -8.20. The number of hydroxylamine groups is 1. The Bertz CT molecular complexity index is 3930. The van der Waals surface area contributed by atoms with Crippen molar-refractivity contribution >= 4 is 111 Å². The Morgan fingerprint density at radius 3 is 1.43 bits per heavy atom. The third-order valence-electron chi connectivity index (χ3n) is 9.21. The van der Waals surface area contributed by atoms with E-state index in [0.29, 0.717) is 39.2 Å². The minimum absolute atomic E-state index is 0.00231. The number of amides is 4. The second kappa shape index (κ2) is 47.7. The zero-order valence-corrected chi connectivity index (χ0v) is 60.4. The van der Waals surface area contributed by atoms with Crippen LogP contribution in [0.15, 0.2) is 90.6 Å². The molecule has 8 rings (SSSR count). The average Bonchev–Trinajstić information content (AvgIpc) is 1.32. The van der Waals surface area contributed by atoms with Crippen LogP contribution < -0.4 is 40.3 Å². The van der Waals surface area contributed by atoms with Gasteiger partial charge in [-0.1, -0.05) is 65.5 Å². The molecule has 3 aromatic carbocycles. The Kier molecular flexibility index (Phi) is 46.8. The Labute approximate surface area is 560 Å². The summed E-state index contributed by atoms with van der Waals surface area (Å²) >= 11 is 2.08. The van der Waals surface area contributed by atoms with Gasteiger partial charge in [0.1, 0.15) is 23.2 Å². The molecular weight excluding hydrogens is 1420 g/mol. The summed E-state index contributed by atoms with van der Waals surface area (Å²) < 4.78 is 136. The number of aromatic nitrogens is 8. The van der Waals surface area contributed by atoms with Gasteiger partial charge in [0.25, 0.3) is 0 Å². The molecule has 36 nitrogen and oxygen atoms in total. The van der Waals surface area contributed by atoms with Crippen LogP contribution in [0.1, 0.15) is 75.6 Å². The monoisotopic (exact) mass is 1500 g/mol. The highest BCUT2D eigenvalue weighted by Crippen LogP contribution is 2.27. The number of thioether (sulfide) groups is 1. The van der Waals surface area contributed by atoms with Gasteiger partial charge in [-0.3, -0.25) is 62.5 Å². The third-order valence-corrected chi connectivity index (χ3v) is 15.1. The van der Waals surface area contributed by atoms with Crippen LogP contribution in [0.2, 0.25) is 0 Å². The summed E-state index contributed by atoms with van der Waals surface area (Å²) in [7, 11) is -11.8. The number of carbonyl (C=O) groups excluding carboxylic acids is 7. The molecule has 1 aliphatic carbocycles. The first kappa shape index (κ1) is 94.2. The fraction of sp³-hybridized carbons (Fsp3) is 0.412. The number of nitrogens with one attached hydrogen (secondary N) is 9. The number of halogens is 2. The quantitative estimate of drug-likeness (QED) is 0.0491. The Balaban J connectivity index is -0.000000485. The van der Waals surface area contributed by atoms with E-state index in [-0.39, 0.29) is 51.3 Å². The average molecular weight is 1500 g/mol. The maximum Gasteiger partial charge on any atom is 0.438 e. The molecule has 3 aromatic heterocycles. The number of ketones is 3. The van der Waals surface area contributed by atoms with Gasteiger partial charge < -0.3 is 15.3 Å². The number of Topliss-reactive ketones (excluding diaryl/α,β-unsaturated/α-hetero) is 3. The summed E-state index contributed by atoms with van der Waals surface area (Å²) in [5, 5.41) is 34.1. The van der Waals surface area contributed by atoms with E-state index in [1.165, 1.54) is 46.9 Å². The van der Waals surface area contributed by atoms with Gasteiger partial charge in [-0.2, -0.15) is 9.59 Å². The molecule has 0 bridgehead atoms. The van der Waals surface area contributed by atoms with Crippen LogP contribution in [-0.2, 0) is 73.4 Å². The van der Waals surface area contributed by atoms with E-state index in [2.05, 4.69) is 59.4 Å². The number of benzene rings is 3. The first-order chi connectivity index (χ1) is 43.9. The number of aromatic amines is 3. The molecular formula is C51H79F2N14O22PS6. The predicted molar refractivity (Wildman–Crippen MR) is 350 cm³/mol. The summed E-state index contributed by atoms with van der Waals surface area (Å²) in [6, 6.07) is 16.5. The van der Waals surface area contributed by atoms with E-state index in [1.807, 2.05) is 6.07 Å². The normalized spacial score (nSPS) is 13.4. The lowest BCUT2D eigenvalue weighted by molar-refractivity contribution is -0.127. The summed E-state index contributed by atoms with van der Waals surface area (Å²) in [4.78, 5) is 105. The lowest BCUT2D eigenvalue weighted by Crippen LogP contribution is -2.36. The van der Waals surface area contributed by atoms with E-state index in [0.717, 1.165) is 60.4 Å². The van der Waals surface area contributed by atoms with Gasteiger partial charge in [0.05, 0.1) is 40.4 Å². The van der Waals surface area contributed by atoms with Crippen LogP contribution in [0.25, 0.3) is 0 Å². The van der Waals surface area contributed by atoms with Crippen molar-refractivity contribution in [3.63, 3.8) is 0 Å². The lowest BCUT2D eigenvalue weighted by Gasteiger charge is -2.04. The van der Waals surface area contributed by atoms with Gasteiger partial charge >= 0.3 is 16.7 Å². The summed E-state index contributed by atoms with van der Waals surface area (Å²) in [5.74, 6) is -2.11. The van der Waals surface area contributed by atoms with Crippen LogP contribution in [0, 0.1) is 52.2 Å². The molecule has 96 heavy (non-hydrogen) atoms. The van der Waals surface area contributed by atoms with Crippen LogP contribution in [0.3, 0.4) is 0 Å². The number of aryl methyl sites for hydroxylation is 5. The number of hydrogen-bond acceptors (Lipinski definition) is 28. The molecule has 45 heteroatoms. The van der Waals surface area contributed by atoms with Gasteiger partial charge in [-0.05, 0) is 97.1 Å². The number of hydrogen-bond donors (Lipinski definition) is 12. The van der Waals surface area contributed by atoms with Crippen molar-refractivity contribution in [2.75, 3.05) is 47.0 Å². The SMILES string of the molecule is CC(=O)NO.CC(=O)NS(C)(=O)=O.CC1CC(=O)CC1=O.CC1SC(=O)CC1=O.CNC(=O)NS(C)(=O)=O.CNS(=O)(=O)c1ccccc1.CNS(=O)(=O)c1ccccc1C.CP(C)(=O)O.Cc1cc(F)c(O)c(F)c1.Cc1nn[nH]n1.Cc1noc(=O)[nH]1.Cc1nsc(=O)[nH]1. The molecule has 4 heterocycles.